The molecular formula is C11H20N2O5S. The van der Waals surface area contributed by atoms with Gasteiger partial charge in [-0.15, -0.1) is 0 Å². The molecule has 1 saturated heterocycles. The largest absolute Gasteiger partial charge is 0.480 e. The van der Waals surface area contributed by atoms with Gasteiger partial charge in [0.05, 0.1) is 18.1 Å². The minimum Gasteiger partial charge on any atom is -0.480 e. The molecular weight excluding hydrogens is 272 g/mol. The molecule has 1 heterocycles. The summed E-state index contributed by atoms with van der Waals surface area (Å²) in [5, 5.41) is 11.3. The zero-order chi connectivity index (χ0) is 14.6. The minimum absolute atomic E-state index is 0.00106. The number of nitrogens with zero attached hydrogens (tertiary/aromatic N) is 1. The number of carboxylic acid groups (broad SMARTS) is 1. The van der Waals surface area contributed by atoms with Crippen LogP contribution in [0.4, 0.5) is 0 Å². The number of amides is 1. The first-order valence-electron chi connectivity index (χ1n) is 6.23. The molecule has 7 nitrogen and oxygen atoms in total. The molecule has 1 fully saturated rings. The lowest BCUT2D eigenvalue weighted by atomic mass is 10.2. The van der Waals surface area contributed by atoms with Crippen molar-refractivity contribution in [3.8, 4) is 0 Å². The predicted molar refractivity (Wildman–Crippen MR) is 69.5 cm³/mol. The number of aliphatic carboxylic acids is 1. The fourth-order valence-electron chi connectivity index (χ4n) is 2.09. The van der Waals surface area contributed by atoms with Crippen molar-refractivity contribution in [3.05, 3.63) is 0 Å². The lowest BCUT2D eigenvalue weighted by molar-refractivity contribution is -0.139. The maximum Gasteiger partial charge on any atom is 0.320 e. The van der Waals surface area contributed by atoms with Crippen LogP contribution in [0.25, 0.3) is 0 Å². The SMILES string of the molecule is CCN(C(=O)CN[C@@H](C)C(=O)O)C1CCS(=O)(=O)C1. The van der Waals surface area contributed by atoms with Crippen molar-refractivity contribution in [2.24, 2.45) is 0 Å². The Morgan fingerprint density at radius 1 is 1.47 bits per heavy atom. The van der Waals surface area contributed by atoms with E-state index in [-0.39, 0.29) is 30.0 Å². The number of nitrogens with one attached hydrogen (secondary N) is 1. The average Bonchev–Trinajstić information content (AvgIpc) is 2.67. The van der Waals surface area contributed by atoms with Crippen molar-refractivity contribution in [1.29, 1.82) is 0 Å². The Balaban J connectivity index is 2.56. The van der Waals surface area contributed by atoms with Crippen molar-refractivity contribution in [2.75, 3.05) is 24.6 Å². The van der Waals surface area contributed by atoms with Crippen LogP contribution in [-0.2, 0) is 19.4 Å². The molecule has 2 N–H and O–H groups in total. The molecule has 0 aromatic rings. The lowest BCUT2D eigenvalue weighted by Crippen LogP contribution is -2.47. The standard InChI is InChI=1S/C11H20N2O5S/c1-3-13(9-4-5-19(17,18)7-9)10(14)6-12-8(2)11(15)16/h8-9,12H,3-7H2,1-2H3,(H,15,16)/t8-,9?/m0/s1. The molecule has 0 spiro atoms. The van der Waals surface area contributed by atoms with Crippen molar-refractivity contribution < 1.29 is 23.1 Å². The second kappa shape index (κ2) is 6.33. The monoisotopic (exact) mass is 292 g/mol. The normalized spacial score (nSPS) is 22.9. The molecule has 8 heteroatoms. The number of sulfone groups is 1. The van der Waals surface area contributed by atoms with E-state index in [1.807, 2.05) is 0 Å². The number of likely N-dealkylation sites (N-methyl/N-ethyl adjacent to an activating group) is 1. The van der Waals surface area contributed by atoms with Gasteiger partial charge in [-0.25, -0.2) is 8.42 Å². The number of carbonyl (C=O) groups is 2. The van der Waals surface area contributed by atoms with Crippen LogP contribution in [0, 0.1) is 0 Å². The van der Waals surface area contributed by atoms with E-state index in [4.69, 9.17) is 5.11 Å². The third-order valence-corrected chi connectivity index (χ3v) is 4.99. The predicted octanol–water partition coefficient (Wildman–Crippen LogP) is -0.915. The first kappa shape index (κ1) is 15.9. The molecule has 0 aromatic heterocycles. The van der Waals surface area contributed by atoms with Gasteiger partial charge in [0.2, 0.25) is 5.91 Å². The maximum atomic E-state index is 12.0. The molecule has 1 unspecified atom stereocenters. The fraction of sp³-hybridized carbons (Fsp3) is 0.818. The fourth-order valence-corrected chi connectivity index (χ4v) is 3.82. The van der Waals surface area contributed by atoms with Crippen LogP contribution in [0.15, 0.2) is 0 Å². The maximum absolute atomic E-state index is 12.0. The smallest absolute Gasteiger partial charge is 0.320 e. The molecule has 0 radical (unpaired) electrons. The van der Waals surface area contributed by atoms with Gasteiger partial charge in [0.25, 0.3) is 0 Å². The summed E-state index contributed by atoms with van der Waals surface area (Å²) in [6, 6.07) is -1.10. The topological polar surface area (TPSA) is 104 Å². The van der Waals surface area contributed by atoms with Gasteiger partial charge in [-0.05, 0) is 20.3 Å². The Morgan fingerprint density at radius 3 is 2.53 bits per heavy atom. The van der Waals surface area contributed by atoms with Crippen LogP contribution in [0.1, 0.15) is 20.3 Å². The summed E-state index contributed by atoms with van der Waals surface area (Å²) in [5.74, 6) is -1.18. The molecule has 1 rings (SSSR count). The molecule has 0 bridgehead atoms. The van der Waals surface area contributed by atoms with Crippen LogP contribution in [0.3, 0.4) is 0 Å². The third kappa shape index (κ3) is 4.46. The molecule has 19 heavy (non-hydrogen) atoms. The van der Waals surface area contributed by atoms with Gasteiger partial charge in [0.15, 0.2) is 9.84 Å². The molecule has 2 atom stereocenters. The number of rotatable bonds is 6. The van der Waals surface area contributed by atoms with Crippen LogP contribution >= 0.6 is 0 Å². The van der Waals surface area contributed by atoms with E-state index < -0.39 is 21.8 Å². The van der Waals surface area contributed by atoms with Gasteiger partial charge < -0.3 is 10.0 Å². The quantitative estimate of drug-likeness (QED) is 0.656. The first-order valence-corrected chi connectivity index (χ1v) is 8.05. The highest BCUT2D eigenvalue weighted by Crippen LogP contribution is 2.17. The Labute approximate surface area is 112 Å². The van der Waals surface area contributed by atoms with Gasteiger partial charge in [-0.2, -0.15) is 0 Å². The van der Waals surface area contributed by atoms with Crippen molar-refractivity contribution >= 4 is 21.7 Å². The molecule has 1 aliphatic rings. The molecule has 0 aliphatic carbocycles. The summed E-state index contributed by atoms with van der Waals surface area (Å²) in [6.45, 7) is 3.55. The van der Waals surface area contributed by atoms with Gasteiger partial charge in [0.1, 0.15) is 6.04 Å². The highest BCUT2D eigenvalue weighted by molar-refractivity contribution is 7.91. The summed E-state index contributed by atoms with van der Waals surface area (Å²) in [4.78, 5) is 24.1. The van der Waals surface area contributed by atoms with Gasteiger partial charge >= 0.3 is 5.97 Å². The zero-order valence-electron chi connectivity index (χ0n) is 11.1. The van der Waals surface area contributed by atoms with Crippen LogP contribution in [0.5, 0.6) is 0 Å². The Bertz CT molecular complexity index is 448. The van der Waals surface area contributed by atoms with E-state index in [1.54, 1.807) is 6.92 Å². The van der Waals surface area contributed by atoms with Crippen molar-refractivity contribution in [1.82, 2.24) is 10.2 Å². The van der Waals surface area contributed by atoms with Crippen molar-refractivity contribution in [2.45, 2.75) is 32.4 Å². The summed E-state index contributed by atoms with van der Waals surface area (Å²) in [5.41, 5.74) is 0. The molecule has 1 aliphatic heterocycles. The summed E-state index contributed by atoms with van der Waals surface area (Å²) < 4.78 is 22.8. The van der Waals surface area contributed by atoms with Crippen molar-refractivity contribution in [3.63, 3.8) is 0 Å². The van der Waals surface area contributed by atoms with Gasteiger partial charge in [-0.3, -0.25) is 14.9 Å². The highest BCUT2D eigenvalue weighted by atomic mass is 32.2. The van der Waals surface area contributed by atoms with Gasteiger partial charge in [0, 0.05) is 12.6 Å². The van der Waals surface area contributed by atoms with E-state index in [2.05, 4.69) is 5.32 Å². The zero-order valence-corrected chi connectivity index (χ0v) is 11.9. The van der Waals surface area contributed by atoms with E-state index in [9.17, 15) is 18.0 Å². The number of hydrogen-bond acceptors (Lipinski definition) is 5. The average molecular weight is 292 g/mol. The summed E-state index contributed by atoms with van der Waals surface area (Å²) >= 11 is 0. The van der Waals surface area contributed by atoms with Crippen LogP contribution in [-0.4, -0.2) is 67.0 Å². The van der Waals surface area contributed by atoms with E-state index in [1.165, 1.54) is 11.8 Å². The second-order valence-corrected chi connectivity index (χ2v) is 6.91. The lowest BCUT2D eigenvalue weighted by Gasteiger charge is -2.27. The van der Waals surface area contributed by atoms with E-state index in [0.29, 0.717) is 13.0 Å². The number of hydrogen-bond donors (Lipinski definition) is 2. The molecule has 110 valence electrons. The number of carboxylic acids is 1. The molecule has 1 amide bonds. The minimum atomic E-state index is -3.04. The first-order chi connectivity index (χ1) is 8.76. The number of carbonyl (C=O) groups excluding carboxylic acids is 1. The van der Waals surface area contributed by atoms with Crippen LogP contribution in [0.2, 0.25) is 0 Å². The van der Waals surface area contributed by atoms with E-state index in [0.717, 1.165) is 0 Å². The molecule has 0 saturated carbocycles. The molecule has 0 aromatic carbocycles. The Morgan fingerprint density at radius 2 is 2.11 bits per heavy atom. The summed E-state index contributed by atoms with van der Waals surface area (Å²) in [7, 11) is -3.04. The Hall–Kier alpha value is -1.15. The summed E-state index contributed by atoms with van der Waals surface area (Å²) in [6.07, 6.45) is 0.455. The van der Waals surface area contributed by atoms with Crippen LogP contribution < -0.4 is 5.32 Å². The Kier molecular flexibility index (Phi) is 5.30. The van der Waals surface area contributed by atoms with E-state index >= 15 is 0 Å². The second-order valence-electron chi connectivity index (χ2n) is 4.68. The third-order valence-electron chi connectivity index (χ3n) is 3.24. The highest BCUT2D eigenvalue weighted by Gasteiger charge is 2.33. The van der Waals surface area contributed by atoms with Gasteiger partial charge in [-0.1, -0.05) is 0 Å².